The molecule has 1 unspecified atom stereocenters. The Hall–Kier alpha value is -3.74. The van der Waals surface area contributed by atoms with Gasteiger partial charge in [-0.2, -0.15) is 5.10 Å². The Labute approximate surface area is 168 Å². The molecular formula is C22H21N3O4. The van der Waals surface area contributed by atoms with E-state index in [1.165, 1.54) is 23.9 Å². The number of methoxy groups -OCH3 is 1. The zero-order chi connectivity index (χ0) is 20.6. The first kappa shape index (κ1) is 20.0. The molecule has 0 fully saturated rings. The zero-order valence-corrected chi connectivity index (χ0v) is 15.9. The first-order valence-corrected chi connectivity index (χ1v) is 9.11. The van der Waals surface area contributed by atoms with Crippen LogP contribution in [0.5, 0.6) is 0 Å². The van der Waals surface area contributed by atoms with Crippen LogP contribution in [0.2, 0.25) is 0 Å². The maximum atomic E-state index is 12.8. The van der Waals surface area contributed by atoms with Crippen molar-refractivity contribution in [2.45, 2.75) is 19.0 Å². The molecule has 1 aromatic heterocycles. The van der Waals surface area contributed by atoms with Crippen LogP contribution in [0.4, 0.5) is 0 Å². The van der Waals surface area contributed by atoms with E-state index >= 15 is 0 Å². The molecule has 1 amide bonds. The Morgan fingerprint density at radius 3 is 2.31 bits per heavy atom. The summed E-state index contributed by atoms with van der Waals surface area (Å²) in [5, 5.41) is 7.00. The smallest absolute Gasteiger partial charge is 0.307 e. The van der Waals surface area contributed by atoms with Gasteiger partial charge < -0.3 is 10.1 Å². The van der Waals surface area contributed by atoms with Crippen LogP contribution in [0.15, 0.2) is 77.6 Å². The van der Waals surface area contributed by atoms with Gasteiger partial charge in [-0.15, -0.1) is 0 Å². The number of nitrogens with zero attached hydrogens (tertiary/aromatic N) is 2. The molecule has 148 valence electrons. The van der Waals surface area contributed by atoms with Gasteiger partial charge in [0.05, 0.1) is 26.1 Å². The molecular weight excluding hydrogens is 370 g/mol. The fourth-order valence-electron chi connectivity index (χ4n) is 2.86. The fraction of sp³-hybridized carbons (Fsp3) is 0.182. The summed E-state index contributed by atoms with van der Waals surface area (Å²) in [5.41, 5.74) is 1.45. The molecule has 7 heteroatoms. The molecule has 3 aromatic rings. The SMILES string of the molecule is COC(=O)CC(NC(=O)c1ccc(=O)n(Cc2ccccc2)n1)c1ccccc1. The third-order valence-corrected chi connectivity index (χ3v) is 4.38. The van der Waals surface area contributed by atoms with Crippen molar-refractivity contribution in [3.8, 4) is 0 Å². The number of carbonyl (C=O) groups is 2. The van der Waals surface area contributed by atoms with Crippen molar-refractivity contribution in [1.82, 2.24) is 15.1 Å². The van der Waals surface area contributed by atoms with E-state index < -0.39 is 17.9 Å². The molecule has 3 rings (SSSR count). The minimum absolute atomic E-state index is 0.0179. The normalized spacial score (nSPS) is 11.5. The lowest BCUT2D eigenvalue weighted by Crippen LogP contribution is -2.33. The second kappa shape index (κ2) is 9.45. The average Bonchev–Trinajstić information content (AvgIpc) is 2.76. The summed E-state index contributed by atoms with van der Waals surface area (Å²) in [6, 6.07) is 20.6. The van der Waals surface area contributed by atoms with Crippen molar-refractivity contribution >= 4 is 11.9 Å². The first-order chi connectivity index (χ1) is 14.1. The Morgan fingerprint density at radius 2 is 1.66 bits per heavy atom. The van der Waals surface area contributed by atoms with Crippen molar-refractivity contribution in [2.75, 3.05) is 7.11 Å². The summed E-state index contributed by atoms with van der Waals surface area (Å²) in [7, 11) is 1.30. The lowest BCUT2D eigenvalue weighted by molar-refractivity contribution is -0.141. The van der Waals surface area contributed by atoms with Crippen molar-refractivity contribution in [3.63, 3.8) is 0 Å². The molecule has 7 nitrogen and oxygen atoms in total. The van der Waals surface area contributed by atoms with Crippen LogP contribution in [-0.2, 0) is 16.1 Å². The molecule has 0 radical (unpaired) electrons. The molecule has 1 heterocycles. The Morgan fingerprint density at radius 1 is 1.00 bits per heavy atom. The second-order valence-electron chi connectivity index (χ2n) is 6.42. The molecule has 0 spiro atoms. The summed E-state index contributed by atoms with van der Waals surface area (Å²) in [5.74, 6) is -0.925. The highest BCUT2D eigenvalue weighted by Crippen LogP contribution is 2.17. The van der Waals surface area contributed by atoms with Crippen LogP contribution >= 0.6 is 0 Å². The Balaban J connectivity index is 1.82. The number of esters is 1. The second-order valence-corrected chi connectivity index (χ2v) is 6.42. The number of amides is 1. The predicted molar refractivity (Wildman–Crippen MR) is 107 cm³/mol. The van der Waals surface area contributed by atoms with E-state index in [4.69, 9.17) is 4.74 Å². The average molecular weight is 391 g/mol. The number of rotatable bonds is 7. The standard InChI is InChI=1S/C22H21N3O4/c1-29-21(27)14-19(17-10-6-3-7-11-17)23-22(28)18-12-13-20(26)25(24-18)15-16-8-4-2-5-9-16/h2-13,19H,14-15H2,1H3,(H,23,28). The third-order valence-electron chi connectivity index (χ3n) is 4.38. The molecule has 0 saturated carbocycles. The summed E-state index contributed by atoms with van der Waals surface area (Å²) in [6.07, 6.45) is -0.0179. The highest BCUT2D eigenvalue weighted by molar-refractivity contribution is 5.92. The number of nitrogens with one attached hydrogen (secondary N) is 1. The minimum atomic E-state index is -0.576. The first-order valence-electron chi connectivity index (χ1n) is 9.11. The minimum Gasteiger partial charge on any atom is -0.469 e. The van der Waals surface area contributed by atoms with Crippen LogP contribution in [0.25, 0.3) is 0 Å². The number of benzene rings is 2. The third kappa shape index (κ3) is 5.38. The molecule has 0 saturated heterocycles. The maximum absolute atomic E-state index is 12.8. The highest BCUT2D eigenvalue weighted by Gasteiger charge is 2.20. The quantitative estimate of drug-likeness (QED) is 0.624. The van der Waals surface area contributed by atoms with Crippen LogP contribution < -0.4 is 10.9 Å². The van der Waals surface area contributed by atoms with Gasteiger partial charge in [0.2, 0.25) is 0 Å². The van der Waals surface area contributed by atoms with E-state index in [9.17, 15) is 14.4 Å². The Bertz CT molecular complexity index is 1030. The molecule has 0 bridgehead atoms. The maximum Gasteiger partial charge on any atom is 0.307 e. The summed E-state index contributed by atoms with van der Waals surface area (Å²) < 4.78 is 5.98. The van der Waals surface area contributed by atoms with Crippen molar-refractivity contribution in [1.29, 1.82) is 0 Å². The monoisotopic (exact) mass is 391 g/mol. The van der Waals surface area contributed by atoms with Gasteiger partial charge in [0.1, 0.15) is 5.69 Å². The molecule has 0 aliphatic heterocycles. The molecule has 0 aliphatic rings. The zero-order valence-electron chi connectivity index (χ0n) is 15.9. The number of aromatic nitrogens is 2. The lowest BCUT2D eigenvalue weighted by Gasteiger charge is -2.18. The molecule has 1 atom stereocenters. The molecule has 29 heavy (non-hydrogen) atoms. The molecule has 2 aromatic carbocycles. The van der Waals surface area contributed by atoms with Gasteiger partial charge in [-0.25, -0.2) is 4.68 Å². The summed E-state index contributed by atoms with van der Waals surface area (Å²) in [4.78, 5) is 36.7. The Kier molecular flexibility index (Phi) is 6.52. The summed E-state index contributed by atoms with van der Waals surface area (Å²) >= 11 is 0. The number of ether oxygens (including phenoxy) is 1. The predicted octanol–water partition coefficient (Wildman–Crippen LogP) is 2.33. The number of hydrogen-bond donors (Lipinski definition) is 1. The van der Waals surface area contributed by atoms with Gasteiger partial charge in [-0.05, 0) is 17.2 Å². The summed E-state index contributed by atoms with van der Waals surface area (Å²) in [6.45, 7) is 0.255. The number of hydrogen-bond acceptors (Lipinski definition) is 5. The van der Waals surface area contributed by atoms with E-state index in [0.29, 0.717) is 0 Å². The largest absolute Gasteiger partial charge is 0.469 e. The fourth-order valence-corrected chi connectivity index (χ4v) is 2.86. The van der Waals surface area contributed by atoms with Gasteiger partial charge in [-0.3, -0.25) is 14.4 Å². The number of carbonyl (C=O) groups excluding carboxylic acids is 2. The van der Waals surface area contributed by atoms with Crippen molar-refractivity contribution < 1.29 is 14.3 Å². The van der Waals surface area contributed by atoms with Crippen LogP contribution in [0, 0.1) is 0 Å². The van der Waals surface area contributed by atoms with Gasteiger partial charge in [0.15, 0.2) is 0 Å². The van der Waals surface area contributed by atoms with Crippen LogP contribution in [0.3, 0.4) is 0 Å². The van der Waals surface area contributed by atoms with Crippen molar-refractivity contribution in [3.05, 3.63) is 100.0 Å². The van der Waals surface area contributed by atoms with Gasteiger partial charge >= 0.3 is 5.97 Å². The molecule has 1 N–H and O–H groups in total. The van der Waals surface area contributed by atoms with Gasteiger partial charge in [0, 0.05) is 6.07 Å². The van der Waals surface area contributed by atoms with E-state index in [0.717, 1.165) is 11.1 Å². The van der Waals surface area contributed by atoms with E-state index in [-0.39, 0.29) is 24.2 Å². The van der Waals surface area contributed by atoms with Crippen molar-refractivity contribution in [2.24, 2.45) is 0 Å². The van der Waals surface area contributed by atoms with E-state index in [1.54, 1.807) is 0 Å². The van der Waals surface area contributed by atoms with Crippen LogP contribution in [-0.4, -0.2) is 28.8 Å². The van der Waals surface area contributed by atoms with Gasteiger partial charge in [0.25, 0.3) is 11.5 Å². The topological polar surface area (TPSA) is 90.3 Å². The van der Waals surface area contributed by atoms with Gasteiger partial charge in [-0.1, -0.05) is 60.7 Å². The van der Waals surface area contributed by atoms with Crippen LogP contribution in [0.1, 0.15) is 34.1 Å². The van der Waals surface area contributed by atoms with E-state index in [2.05, 4.69) is 10.4 Å². The highest BCUT2D eigenvalue weighted by atomic mass is 16.5. The van der Waals surface area contributed by atoms with E-state index in [1.807, 2.05) is 60.7 Å². The lowest BCUT2D eigenvalue weighted by atomic mass is 10.0. The molecule has 0 aliphatic carbocycles.